The molecule has 1 rings (SSSR count). The van der Waals surface area contributed by atoms with Crippen LogP contribution < -0.4 is 4.72 Å². The molecule has 0 bridgehead atoms. The number of halogens is 1. The Bertz CT molecular complexity index is 720. The van der Waals surface area contributed by atoms with E-state index in [1.807, 2.05) is 6.07 Å². The van der Waals surface area contributed by atoms with Crippen molar-refractivity contribution in [2.24, 2.45) is 5.41 Å². The summed E-state index contributed by atoms with van der Waals surface area (Å²) in [6.45, 7) is 4.71. The van der Waals surface area contributed by atoms with Crippen LogP contribution in [0.4, 0.5) is 0 Å². The van der Waals surface area contributed by atoms with Crippen LogP contribution in [0.3, 0.4) is 0 Å². The normalized spacial score (nSPS) is 12.0. The van der Waals surface area contributed by atoms with Gasteiger partial charge in [-0.15, -0.1) is 0 Å². The maximum atomic E-state index is 12.3. The Labute approximate surface area is 132 Å². The van der Waals surface area contributed by atoms with Gasteiger partial charge in [-0.2, -0.15) is 5.26 Å². The summed E-state index contributed by atoms with van der Waals surface area (Å²) in [6.07, 6.45) is 0. The molecule has 0 heterocycles. The highest BCUT2D eigenvalue weighted by Crippen LogP contribution is 2.26. The number of hydrogen-bond acceptors (Lipinski definition) is 4. The van der Waals surface area contributed by atoms with Crippen molar-refractivity contribution in [3.05, 3.63) is 27.7 Å². The number of carboxylic acid groups (broad SMARTS) is 1. The lowest BCUT2D eigenvalue weighted by Crippen LogP contribution is -2.33. The fourth-order valence-corrected chi connectivity index (χ4v) is 3.54. The Hall–Kier alpha value is -1.43. The molecule has 0 saturated carbocycles. The maximum absolute atomic E-state index is 12.3. The number of carbonyl (C=O) groups is 1. The summed E-state index contributed by atoms with van der Waals surface area (Å²) in [6, 6.07) is 4.44. The minimum absolute atomic E-state index is 0.0693. The van der Waals surface area contributed by atoms with E-state index in [0.717, 1.165) is 6.07 Å². The Morgan fingerprint density at radius 2 is 2.05 bits per heavy atom. The molecule has 114 valence electrons. The van der Waals surface area contributed by atoms with Crippen molar-refractivity contribution in [1.82, 2.24) is 4.72 Å². The topological polar surface area (TPSA) is 107 Å². The molecule has 6 nitrogen and oxygen atoms in total. The van der Waals surface area contributed by atoms with Crippen LogP contribution in [-0.4, -0.2) is 26.0 Å². The van der Waals surface area contributed by atoms with Crippen molar-refractivity contribution < 1.29 is 18.3 Å². The largest absolute Gasteiger partial charge is 0.478 e. The number of rotatable bonds is 5. The Balaban J connectivity index is 3.26. The lowest BCUT2D eigenvalue weighted by Gasteiger charge is -2.17. The van der Waals surface area contributed by atoms with E-state index in [0.29, 0.717) is 10.0 Å². The molecule has 0 aliphatic rings. The maximum Gasteiger partial charge on any atom is 0.335 e. The SMILES string of the molecule is Cc1c(Br)cc(C(=O)O)cc1S(=O)(=O)NCC(C)(C)C#N. The Kier molecular flexibility index (Phi) is 5.15. The molecule has 0 radical (unpaired) electrons. The van der Waals surface area contributed by atoms with Gasteiger partial charge < -0.3 is 5.11 Å². The predicted molar refractivity (Wildman–Crippen MR) is 80.4 cm³/mol. The number of carboxylic acids is 1. The summed E-state index contributed by atoms with van der Waals surface area (Å²) < 4.78 is 27.3. The number of benzene rings is 1. The van der Waals surface area contributed by atoms with E-state index in [1.54, 1.807) is 20.8 Å². The van der Waals surface area contributed by atoms with Gasteiger partial charge >= 0.3 is 5.97 Å². The summed E-state index contributed by atoms with van der Waals surface area (Å²) in [4.78, 5) is 10.9. The molecule has 0 atom stereocenters. The second-order valence-corrected chi connectivity index (χ2v) is 7.80. The molecule has 21 heavy (non-hydrogen) atoms. The lowest BCUT2D eigenvalue weighted by molar-refractivity contribution is 0.0696. The molecule has 1 aromatic rings. The van der Waals surface area contributed by atoms with Crippen molar-refractivity contribution >= 4 is 31.9 Å². The summed E-state index contributed by atoms with van der Waals surface area (Å²) in [5.41, 5.74) is -0.586. The standard InChI is InChI=1S/C13H15BrN2O4S/c1-8-10(14)4-9(12(17)18)5-11(8)21(19,20)16-7-13(2,3)6-15/h4-5,16H,7H2,1-3H3,(H,17,18). The van der Waals surface area contributed by atoms with Gasteiger partial charge in [0.15, 0.2) is 0 Å². The van der Waals surface area contributed by atoms with Crippen LogP contribution >= 0.6 is 15.9 Å². The smallest absolute Gasteiger partial charge is 0.335 e. The number of aromatic carboxylic acids is 1. The number of nitriles is 1. The minimum atomic E-state index is -3.91. The van der Waals surface area contributed by atoms with Gasteiger partial charge in [-0.05, 0) is 38.5 Å². The van der Waals surface area contributed by atoms with Gasteiger partial charge in [-0.1, -0.05) is 15.9 Å². The molecular formula is C13H15BrN2O4S. The van der Waals surface area contributed by atoms with Crippen LogP contribution in [-0.2, 0) is 10.0 Å². The van der Waals surface area contributed by atoms with Crippen LogP contribution in [0.5, 0.6) is 0 Å². The number of nitrogens with zero attached hydrogens (tertiary/aromatic N) is 1. The monoisotopic (exact) mass is 374 g/mol. The third-order valence-corrected chi connectivity index (χ3v) is 5.19. The van der Waals surface area contributed by atoms with E-state index in [-0.39, 0.29) is 17.0 Å². The highest BCUT2D eigenvalue weighted by atomic mass is 79.9. The molecule has 0 amide bonds. The van der Waals surface area contributed by atoms with Crippen molar-refractivity contribution in [1.29, 1.82) is 5.26 Å². The van der Waals surface area contributed by atoms with E-state index >= 15 is 0 Å². The molecule has 0 aromatic heterocycles. The summed E-state index contributed by atoms with van der Waals surface area (Å²) >= 11 is 3.15. The predicted octanol–water partition coefficient (Wildman–Crippen LogP) is 2.28. The van der Waals surface area contributed by atoms with Gasteiger partial charge in [0.1, 0.15) is 0 Å². The summed E-state index contributed by atoms with van der Waals surface area (Å²) in [5, 5.41) is 17.9. The first-order chi connectivity index (χ1) is 9.50. The van der Waals surface area contributed by atoms with E-state index in [9.17, 15) is 13.2 Å². The van der Waals surface area contributed by atoms with E-state index in [4.69, 9.17) is 10.4 Å². The van der Waals surface area contributed by atoms with E-state index in [1.165, 1.54) is 6.07 Å². The van der Waals surface area contributed by atoms with Crippen molar-refractivity contribution in [2.45, 2.75) is 25.7 Å². The zero-order chi connectivity index (χ0) is 16.4. The van der Waals surface area contributed by atoms with Crippen LogP contribution in [0.15, 0.2) is 21.5 Å². The van der Waals surface area contributed by atoms with Gasteiger partial charge in [0.25, 0.3) is 0 Å². The highest BCUT2D eigenvalue weighted by molar-refractivity contribution is 9.10. The molecule has 0 spiro atoms. The first-order valence-electron chi connectivity index (χ1n) is 5.94. The molecule has 0 unspecified atom stereocenters. The third kappa shape index (κ3) is 4.27. The Morgan fingerprint density at radius 1 is 1.48 bits per heavy atom. The Morgan fingerprint density at radius 3 is 2.52 bits per heavy atom. The molecule has 8 heteroatoms. The molecule has 0 aliphatic carbocycles. The van der Waals surface area contributed by atoms with E-state index in [2.05, 4.69) is 20.7 Å². The molecule has 1 aromatic carbocycles. The van der Waals surface area contributed by atoms with Crippen LogP contribution in [0.1, 0.15) is 29.8 Å². The van der Waals surface area contributed by atoms with Crippen molar-refractivity contribution in [3.63, 3.8) is 0 Å². The molecule has 0 saturated heterocycles. The average Bonchev–Trinajstić information content (AvgIpc) is 2.39. The average molecular weight is 375 g/mol. The van der Waals surface area contributed by atoms with Gasteiger partial charge in [-0.25, -0.2) is 17.9 Å². The quantitative estimate of drug-likeness (QED) is 0.821. The van der Waals surface area contributed by atoms with Gasteiger partial charge in [0.05, 0.1) is 21.9 Å². The third-order valence-electron chi connectivity index (χ3n) is 2.84. The zero-order valence-electron chi connectivity index (χ0n) is 11.8. The molecular weight excluding hydrogens is 360 g/mol. The second-order valence-electron chi connectivity index (χ2n) is 5.21. The highest BCUT2D eigenvalue weighted by Gasteiger charge is 2.25. The van der Waals surface area contributed by atoms with E-state index < -0.39 is 21.4 Å². The molecule has 0 fully saturated rings. The zero-order valence-corrected chi connectivity index (χ0v) is 14.2. The summed E-state index contributed by atoms with van der Waals surface area (Å²) in [5.74, 6) is -1.22. The fourth-order valence-electron chi connectivity index (χ4n) is 1.45. The summed E-state index contributed by atoms with van der Waals surface area (Å²) in [7, 11) is -3.91. The van der Waals surface area contributed by atoms with Crippen LogP contribution in [0, 0.1) is 23.7 Å². The second kappa shape index (κ2) is 6.13. The van der Waals surface area contributed by atoms with Gasteiger partial charge in [-0.3, -0.25) is 0 Å². The molecule has 0 aliphatic heterocycles. The van der Waals surface area contributed by atoms with Crippen molar-refractivity contribution in [3.8, 4) is 6.07 Å². The first-order valence-corrected chi connectivity index (χ1v) is 8.22. The number of hydrogen-bond donors (Lipinski definition) is 2. The van der Waals surface area contributed by atoms with Crippen LogP contribution in [0.25, 0.3) is 0 Å². The van der Waals surface area contributed by atoms with Crippen molar-refractivity contribution in [2.75, 3.05) is 6.54 Å². The molecule has 2 N–H and O–H groups in total. The van der Waals surface area contributed by atoms with Crippen LogP contribution in [0.2, 0.25) is 0 Å². The first kappa shape index (κ1) is 17.6. The lowest BCUT2D eigenvalue weighted by atomic mass is 9.97. The number of nitrogens with one attached hydrogen (secondary N) is 1. The minimum Gasteiger partial charge on any atom is -0.478 e. The fraction of sp³-hybridized carbons (Fsp3) is 0.385. The van der Waals surface area contributed by atoms with Gasteiger partial charge in [0, 0.05) is 11.0 Å². The number of sulfonamides is 1. The van der Waals surface area contributed by atoms with Gasteiger partial charge in [0.2, 0.25) is 10.0 Å².